The molecule has 26 heavy (non-hydrogen) atoms. The lowest BCUT2D eigenvalue weighted by atomic mass is 10.1. The summed E-state index contributed by atoms with van der Waals surface area (Å²) in [6, 6.07) is 1.58. The molecule has 8 heteroatoms. The Morgan fingerprint density at radius 3 is 2.92 bits per heavy atom. The summed E-state index contributed by atoms with van der Waals surface area (Å²) in [5, 5.41) is 8.30. The molecule has 1 fully saturated rings. The Bertz CT molecular complexity index is 890. The topological polar surface area (TPSA) is 99.4 Å². The summed E-state index contributed by atoms with van der Waals surface area (Å²) in [6.07, 6.45) is 7.34. The van der Waals surface area contributed by atoms with Crippen molar-refractivity contribution in [3.8, 4) is 0 Å². The van der Waals surface area contributed by atoms with Gasteiger partial charge >= 0.3 is 0 Å². The van der Waals surface area contributed by atoms with Crippen LogP contribution in [0.2, 0.25) is 0 Å². The van der Waals surface area contributed by atoms with Gasteiger partial charge in [0.1, 0.15) is 11.5 Å². The SMILES string of the molecule is C/C=C/C=C(\N)c1noc(C)c1Cn1ncc(N2CC(OC)C2)cc1=O. The van der Waals surface area contributed by atoms with Gasteiger partial charge in [0.25, 0.3) is 5.56 Å². The summed E-state index contributed by atoms with van der Waals surface area (Å²) >= 11 is 0. The third-order valence-corrected chi connectivity index (χ3v) is 4.44. The quantitative estimate of drug-likeness (QED) is 0.778. The van der Waals surface area contributed by atoms with Gasteiger partial charge in [0.15, 0.2) is 0 Å². The molecular formula is C18H23N5O3. The number of aromatic nitrogens is 3. The molecule has 0 spiro atoms. The molecule has 3 rings (SSSR count). The molecule has 1 saturated heterocycles. The van der Waals surface area contributed by atoms with E-state index in [1.165, 1.54) is 4.68 Å². The molecule has 0 atom stereocenters. The van der Waals surface area contributed by atoms with Crippen LogP contribution in [0.1, 0.15) is 23.9 Å². The van der Waals surface area contributed by atoms with Crippen LogP contribution in [0.4, 0.5) is 5.69 Å². The molecular weight excluding hydrogens is 334 g/mol. The second-order valence-electron chi connectivity index (χ2n) is 6.19. The van der Waals surface area contributed by atoms with Crippen LogP contribution in [0.3, 0.4) is 0 Å². The van der Waals surface area contributed by atoms with Crippen LogP contribution in [-0.4, -0.2) is 41.2 Å². The first kappa shape index (κ1) is 17.9. The Hall–Kier alpha value is -2.87. The van der Waals surface area contributed by atoms with E-state index in [1.807, 2.05) is 19.1 Å². The van der Waals surface area contributed by atoms with Crippen LogP contribution < -0.4 is 16.2 Å². The molecule has 0 saturated carbocycles. The van der Waals surface area contributed by atoms with Gasteiger partial charge in [0.05, 0.1) is 30.2 Å². The van der Waals surface area contributed by atoms with E-state index in [4.69, 9.17) is 15.0 Å². The Balaban J connectivity index is 1.82. The number of hydrogen-bond donors (Lipinski definition) is 1. The molecule has 138 valence electrons. The van der Waals surface area contributed by atoms with Crippen molar-refractivity contribution in [2.45, 2.75) is 26.5 Å². The zero-order valence-electron chi connectivity index (χ0n) is 15.2. The molecule has 2 aromatic heterocycles. The summed E-state index contributed by atoms with van der Waals surface area (Å²) in [4.78, 5) is 14.5. The van der Waals surface area contributed by atoms with E-state index in [2.05, 4.69) is 15.2 Å². The van der Waals surface area contributed by atoms with Crippen molar-refractivity contribution in [1.29, 1.82) is 0 Å². The van der Waals surface area contributed by atoms with E-state index in [-0.39, 0.29) is 18.2 Å². The van der Waals surface area contributed by atoms with Crippen molar-refractivity contribution in [2.24, 2.45) is 5.73 Å². The van der Waals surface area contributed by atoms with E-state index < -0.39 is 0 Å². The first-order valence-corrected chi connectivity index (χ1v) is 8.42. The van der Waals surface area contributed by atoms with E-state index >= 15 is 0 Å². The molecule has 0 aromatic carbocycles. The maximum absolute atomic E-state index is 12.5. The fraction of sp³-hybridized carbons (Fsp3) is 0.389. The minimum absolute atomic E-state index is 0.189. The van der Waals surface area contributed by atoms with Gasteiger partial charge in [-0.25, -0.2) is 4.68 Å². The number of methoxy groups -OCH3 is 1. The van der Waals surface area contributed by atoms with Gasteiger partial charge in [-0.05, 0) is 19.9 Å². The van der Waals surface area contributed by atoms with Crippen molar-refractivity contribution in [2.75, 3.05) is 25.1 Å². The molecule has 0 unspecified atom stereocenters. The summed E-state index contributed by atoms with van der Waals surface area (Å²) in [6.45, 7) is 5.47. The predicted molar refractivity (Wildman–Crippen MR) is 98.8 cm³/mol. The lowest BCUT2D eigenvalue weighted by molar-refractivity contribution is 0.0787. The Morgan fingerprint density at radius 2 is 2.27 bits per heavy atom. The molecule has 3 heterocycles. The summed E-state index contributed by atoms with van der Waals surface area (Å²) in [5.74, 6) is 0.611. The third kappa shape index (κ3) is 3.55. The highest BCUT2D eigenvalue weighted by atomic mass is 16.5. The molecule has 2 aromatic rings. The van der Waals surface area contributed by atoms with Gasteiger partial charge in [0.2, 0.25) is 0 Å². The minimum Gasteiger partial charge on any atom is -0.397 e. The minimum atomic E-state index is -0.189. The Kier molecular flexibility index (Phi) is 5.22. The molecule has 8 nitrogen and oxygen atoms in total. The average molecular weight is 357 g/mol. The number of nitrogens with zero attached hydrogens (tertiary/aromatic N) is 4. The summed E-state index contributed by atoms with van der Waals surface area (Å²) in [7, 11) is 1.69. The molecule has 0 amide bonds. The van der Waals surface area contributed by atoms with E-state index in [0.717, 1.165) is 24.3 Å². The second kappa shape index (κ2) is 7.57. The predicted octanol–water partition coefficient (Wildman–Crippen LogP) is 1.30. The maximum atomic E-state index is 12.5. The van der Waals surface area contributed by atoms with Crippen LogP contribution in [0.15, 0.2) is 39.8 Å². The lowest BCUT2D eigenvalue weighted by Gasteiger charge is -2.39. The monoisotopic (exact) mass is 357 g/mol. The van der Waals surface area contributed by atoms with Crippen LogP contribution in [-0.2, 0) is 11.3 Å². The number of allylic oxidation sites excluding steroid dienone is 3. The van der Waals surface area contributed by atoms with Gasteiger partial charge in [-0.15, -0.1) is 0 Å². The highest BCUT2D eigenvalue weighted by Gasteiger charge is 2.27. The number of nitrogens with two attached hydrogens (primary N) is 1. The number of aryl methyl sites for hydroxylation is 1. The van der Waals surface area contributed by atoms with Gasteiger partial charge in [-0.1, -0.05) is 17.3 Å². The zero-order valence-corrected chi connectivity index (χ0v) is 15.2. The van der Waals surface area contributed by atoms with Crippen molar-refractivity contribution >= 4 is 11.4 Å². The fourth-order valence-corrected chi connectivity index (χ4v) is 2.75. The zero-order chi connectivity index (χ0) is 18.7. The van der Waals surface area contributed by atoms with Gasteiger partial charge in [0, 0.05) is 31.8 Å². The molecule has 1 aliphatic rings. The first-order valence-electron chi connectivity index (χ1n) is 8.42. The maximum Gasteiger partial charge on any atom is 0.269 e. The van der Waals surface area contributed by atoms with Crippen molar-refractivity contribution in [3.05, 3.63) is 57.9 Å². The highest BCUT2D eigenvalue weighted by molar-refractivity contribution is 5.64. The van der Waals surface area contributed by atoms with Gasteiger partial charge in [-0.2, -0.15) is 5.10 Å². The largest absolute Gasteiger partial charge is 0.397 e. The number of anilines is 1. The average Bonchev–Trinajstić information content (AvgIpc) is 2.95. The highest BCUT2D eigenvalue weighted by Crippen LogP contribution is 2.21. The number of ether oxygens (including phenoxy) is 1. The van der Waals surface area contributed by atoms with Gasteiger partial charge in [-0.3, -0.25) is 4.79 Å². The first-order chi connectivity index (χ1) is 12.5. The van der Waals surface area contributed by atoms with Crippen LogP contribution in [0.25, 0.3) is 5.70 Å². The van der Waals surface area contributed by atoms with Crippen LogP contribution >= 0.6 is 0 Å². The van der Waals surface area contributed by atoms with Crippen molar-refractivity contribution in [3.63, 3.8) is 0 Å². The van der Waals surface area contributed by atoms with E-state index in [0.29, 0.717) is 17.2 Å². The Morgan fingerprint density at radius 1 is 1.50 bits per heavy atom. The molecule has 1 aliphatic heterocycles. The standard InChI is InChI=1S/C18H23N5O3/c1-4-5-6-16(19)18-15(12(2)26-21-18)11-23-17(24)7-13(8-20-23)22-9-14(10-22)25-3/h4-8,14H,9-11,19H2,1-3H3/b5-4+,16-6-. The normalized spacial score (nSPS) is 15.7. The molecule has 0 radical (unpaired) electrons. The smallest absolute Gasteiger partial charge is 0.269 e. The second-order valence-corrected chi connectivity index (χ2v) is 6.19. The molecule has 0 aliphatic carbocycles. The van der Waals surface area contributed by atoms with Crippen molar-refractivity contribution in [1.82, 2.24) is 14.9 Å². The fourth-order valence-electron chi connectivity index (χ4n) is 2.75. The summed E-state index contributed by atoms with van der Waals surface area (Å²) < 4.78 is 11.9. The van der Waals surface area contributed by atoms with E-state index in [1.54, 1.807) is 32.4 Å². The number of rotatable bonds is 6. The van der Waals surface area contributed by atoms with Gasteiger partial charge < -0.3 is 19.9 Å². The van der Waals surface area contributed by atoms with Crippen molar-refractivity contribution < 1.29 is 9.26 Å². The molecule has 0 bridgehead atoms. The Labute approximate surface area is 151 Å². The van der Waals surface area contributed by atoms with E-state index in [9.17, 15) is 4.79 Å². The van der Waals surface area contributed by atoms with Crippen LogP contribution in [0.5, 0.6) is 0 Å². The lowest BCUT2D eigenvalue weighted by Crippen LogP contribution is -2.52. The molecule has 2 N–H and O–H groups in total. The van der Waals surface area contributed by atoms with Crippen LogP contribution in [0, 0.1) is 6.92 Å². The summed E-state index contributed by atoms with van der Waals surface area (Å²) in [5.41, 5.74) is 8.43. The number of hydrogen-bond acceptors (Lipinski definition) is 7. The third-order valence-electron chi connectivity index (χ3n) is 4.44.